The topological polar surface area (TPSA) is 78.9 Å². The van der Waals surface area contributed by atoms with Crippen LogP contribution in [0.1, 0.15) is 271 Å². The van der Waals surface area contributed by atoms with Gasteiger partial charge in [0.05, 0.1) is 0 Å². The van der Waals surface area contributed by atoms with Crippen LogP contribution in [0.3, 0.4) is 0 Å². The molecule has 0 bridgehead atoms. The highest BCUT2D eigenvalue weighted by molar-refractivity contribution is 5.71. The Balaban J connectivity index is 4.46. The number of carbonyl (C=O) groups is 3. The van der Waals surface area contributed by atoms with Crippen molar-refractivity contribution in [1.82, 2.24) is 0 Å². The number of rotatable bonds is 58. The van der Waals surface area contributed by atoms with Gasteiger partial charge >= 0.3 is 17.9 Å². The number of unbranched alkanes of at least 4 members (excludes halogenated alkanes) is 19. The van der Waals surface area contributed by atoms with Crippen LogP contribution < -0.4 is 0 Å². The van der Waals surface area contributed by atoms with Crippen LogP contribution in [0.5, 0.6) is 0 Å². The summed E-state index contributed by atoms with van der Waals surface area (Å²) >= 11 is 0. The number of esters is 3. The van der Waals surface area contributed by atoms with Gasteiger partial charge in [-0.05, 0) is 154 Å². The number of carbonyl (C=O) groups excluding carboxylic acids is 3. The maximum atomic E-state index is 12.9. The van der Waals surface area contributed by atoms with Crippen LogP contribution in [-0.2, 0) is 28.6 Å². The molecule has 0 rings (SSSR count). The summed E-state index contributed by atoms with van der Waals surface area (Å²) in [4.78, 5) is 38.3. The van der Waals surface area contributed by atoms with Crippen LogP contribution in [0.25, 0.3) is 0 Å². The summed E-state index contributed by atoms with van der Waals surface area (Å²) in [5, 5.41) is 0. The summed E-state index contributed by atoms with van der Waals surface area (Å²) in [7, 11) is 0. The molecule has 6 heteroatoms. The van der Waals surface area contributed by atoms with Gasteiger partial charge in [-0.1, -0.05) is 268 Å². The van der Waals surface area contributed by atoms with E-state index in [2.05, 4.69) is 191 Å². The van der Waals surface area contributed by atoms with Crippen LogP contribution in [0, 0.1) is 0 Å². The largest absolute Gasteiger partial charge is 0.462 e. The zero-order chi connectivity index (χ0) is 59.2. The molecule has 0 aromatic heterocycles. The third-order valence-corrected chi connectivity index (χ3v) is 13.4. The van der Waals surface area contributed by atoms with Gasteiger partial charge in [0.1, 0.15) is 13.2 Å². The van der Waals surface area contributed by atoms with E-state index in [4.69, 9.17) is 14.2 Å². The second-order valence-electron chi connectivity index (χ2n) is 21.3. The fourth-order valence-corrected chi connectivity index (χ4v) is 8.46. The standard InChI is InChI=1S/C76H120O6/c1-4-7-10-13-16-19-22-25-28-30-32-33-34-35-36-37-38-39-40-41-42-43-45-46-48-51-54-57-60-63-66-69-75(78)81-72-73(71-80-74(77)68-65-62-59-56-53-50-27-24-21-18-15-12-9-6-3)82-76(79)70-67-64-61-58-55-52-49-47-44-31-29-26-23-20-17-14-11-8-5-2/h7,10,15-20,24-29,32-33,35-36,38-39,41-42,44-47,51,54,73H,4-6,8-9,11-14,21-23,30-31,34,37,40,43,48-50,52-53,55-72H2,1-3H3/b10-7-,18-15-,19-16-,20-17-,27-24-,28-25-,29-26-,33-32-,36-35-,39-38-,42-41-,46-45-,47-44-,54-51-. The summed E-state index contributed by atoms with van der Waals surface area (Å²) < 4.78 is 16.9. The first-order valence-electron chi connectivity index (χ1n) is 33.1. The molecule has 1 atom stereocenters. The van der Waals surface area contributed by atoms with Gasteiger partial charge < -0.3 is 14.2 Å². The van der Waals surface area contributed by atoms with Gasteiger partial charge in [0.25, 0.3) is 0 Å². The van der Waals surface area contributed by atoms with Gasteiger partial charge in [0.2, 0.25) is 0 Å². The third kappa shape index (κ3) is 65.6. The lowest BCUT2D eigenvalue weighted by Crippen LogP contribution is -2.30. The highest BCUT2D eigenvalue weighted by atomic mass is 16.6. The monoisotopic (exact) mass is 1130 g/mol. The molecule has 0 spiro atoms. The molecule has 0 aliphatic carbocycles. The van der Waals surface area contributed by atoms with E-state index in [-0.39, 0.29) is 31.1 Å². The molecule has 460 valence electrons. The van der Waals surface area contributed by atoms with Gasteiger partial charge in [-0.25, -0.2) is 0 Å². The Morgan fingerprint density at radius 1 is 0.256 bits per heavy atom. The molecule has 82 heavy (non-hydrogen) atoms. The van der Waals surface area contributed by atoms with E-state index in [0.717, 1.165) is 173 Å². The number of allylic oxidation sites excluding steroid dienone is 28. The van der Waals surface area contributed by atoms with Crippen molar-refractivity contribution in [2.75, 3.05) is 13.2 Å². The molecule has 0 N–H and O–H groups in total. The first-order valence-corrected chi connectivity index (χ1v) is 33.1. The predicted molar refractivity (Wildman–Crippen MR) is 357 cm³/mol. The average molecular weight is 1130 g/mol. The molecule has 0 aliphatic heterocycles. The van der Waals surface area contributed by atoms with Gasteiger partial charge in [-0.15, -0.1) is 0 Å². The Morgan fingerprint density at radius 3 is 0.793 bits per heavy atom. The van der Waals surface area contributed by atoms with Gasteiger partial charge in [0.15, 0.2) is 6.10 Å². The smallest absolute Gasteiger partial charge is 0.306 e. The summed E-state index contributed by atoms with van der Waals surface area (Å²) in [6.45, 7) is 6.40. The number of hydrogen-bond donors (Lipinski definition) is 0. The Bertz CT molecular complexity index is 1870. The van der Waals surface area contributed by atoms with Crippen molar-refractivity contribution in [3.05, 3.63) is 170 Å². The molecule has 0 aromatic carbocycles. The minimum atomic E-state index is -0.815. The quantitative estimate of drug-likeness (QED) is 0.0261. The predicted octanol–water partition coefficient (Wildman–Crippen LogP) is 23.0. The zero-order valence-corrected chi connectivity index (χ0v) is 52.7. The molecule has 0 fully saturated rings. The molecule has 1 unspecified atom stereocenters. The highest BCUT2D eigenvalue weighted by Crippen LogP contribution is 2.14. The third-order valence-electron chi connectivity index (χ3n) is 13.4. The van der Waals surface area contributed by atoms with Crippen LogP contribution in [0.4, 0.5) is 0 Å². The van der Waals surface area contributed by atoms with Crippen molar-refractivity contribution in [2.24, 2.45) is 0 Å². The van der Waals surface area contributed by atoms with E-state index in [1.807, 2.05) is 0 Å². The fourth-order valence-electron chi connectivity index (χ4n) is 8.46. The summed E-state index contributed by atoms with van der Waals surface area (Å²) in [6.07, 6.45) is 101. The van der Waals surface area contributed by atoms with Crippen LogP contribution in [-0.4, -0.2) is 37.2 Å². The van der Waals surface area contributed by atoms with Crippen LogP contribution in [0.15, 0.2) is 170 Å². The van der Waals surface area contributed by atoms with Crippen molar-refractivity contribution in [3.63, 3.8) is 0 Å². The minimum Gasteiger partial charge on any atom is -0.462 e. The van der Waals surface area contributed by atoms with Crippen molar-refractivity contribution in [2.45, 2.75) is 277 Å². The lowest BCUT2D eigenvalue weighted by Gasteiger charge is -2.18. The normalized spacial score (nSPS) is 13.3. The van der Waals surface area contributed by atoms with E-state index >= 15 is 0 Å². The molecule has 6 nitrogen and oxygen atoms in total. The molecular formula is C76H120O6. The van der Waals surface area contributed by atoms with Crippen molar-refractivity contribution < 1.29 is 28.6 Å². The van der Waals surface area contributed by atoms with Gasteiger partial charge in [-0.2, -0.15) is 0 Å². The van der Waals surface area contributed by atoms with E-state index < -0.39 is 6.10 Å². The Morgan fingerprint density at radius 2 is 0.488 bits per heavy atom. The van der Waals surface area contributed by atoms with Gasteiger partial charge in [0, 0.05) is 19.3 Å². The molecular weight excluding hydrogens is 1010 g/mol. The Hall–Kier alpha value is -5.23. The SMILES string of the molecule is CC/C=C\C/C=C\C/C=C\C/C=C\C/C=C\C/C=C\C/C=C\C/C=C\C/C=C\CCCCCC(=O)OCC(COC(=O)CCCCCCC/C=C\C/C=C\CCCC)OC(=O)CCCCCCCC/C=C\C/C=C\C/C=C\CCCCC. The maximum Gasteiger partial charge on any atom is 0.306 e. The van der Waals surface area contributed by atoms with E-state index in [1.165, 1.54) is 57.8 Å². The lowest BCUT2D eigenvalue weighted by atomic mass is 10.1. The van der Waals surface area contributed by atoms with E-state index in [9.17, 15) is 14.4 Å². The zero-order valence-electron chi connectivity index (χ0n) is 52.7. The van der Waals surface area contributed by atoms with Crippen LogP contribution in [0.2, 0.25) is 0 Å². The Kier molecular flexibility index (Phi) is 63.9. The van der Waals surface area contributed by atoms with Crippen molar-refractivity contribution in [1.29, 1.82) is 0 Å². The molecule has 0 saturated carbocycles. The lowest BCUT2D eigenvalue weighted by molar-refractivity contribution is -0.167. The number of hydrogen-bond acceptors (Lipinski definition) is 6. The summed E-state index contributed by atoms with van der Waals surface area (Å²) in [5.41, 5.74) is 0. The second kappa shape index (κ2) is 68.3. The van der Waals surface area contributed by atoms with Crippen molar-refractivity contribution >= 4 is 17.9 Å². The molecule has 0 heterocycles. The molecule has 0 amide bonds. The first kappa shape index (κ1) is 76.8. The number of ether oxygens (including phenoxy) is 3. The molecule has 0 aromatic rings. The van der Waals surface area contributed by atoms with E-state index in [0.29, 0.717) is 19.3 Å². The summed E-state index contributed by atoms with van der Waals surface area (Å²) in [5.74, 6) is -0.972. The Labute approximate surface area is 504 Å². The minimum absolute atomic E-state index is 0.109. The highest BCUT2D eigenvalue weighted by Gasteiger charge is 2.19. The van der Waals surface area contributed by atoms with Gasteiger partial charge in [-0.3, -0.25) is 14.4 Å². The van der Waals surface area contributed by atoms with Crippen molar-refractivity contribution in [3.8, 4) is 0 Å². The first-order chi connectivity index (χ1) is 40.5. The van der Waals surface area contributed by atoms with Crippen LogP contribution >= 0.6 is 0 Å². The molecule has 0 radical (unpaired) electrons. The second-order valence-corrected chi connectivity index (χ2v) is 21.3. The molecule has 0 saturated heterocycles. The maximum absolute atomic E-state index is 12.9. The summed E-state index contributed by atoms with van der Waals surface area (Å²) in [6, 6.07) is 0. The fraction of sp³-hybridized carbons (Fsp3) is 0.592. The van der Waals surface area contributed by atoms with E-state index in [1.54, 1.807) is 0 Å². The average Bonchev–Trinajstić information content (AvgIpc) is 3.47. The molecule has 0 aliphatic rings.